The third-order valence-corrected chi connectivity index (χ3v) is 1.96. The minimum absolute atomic E-state index is 0.399. The summed E-state index contributed by atoms with van der Waals surface area (Å²) in [4.78, 5) is 37.5. The lowest BCUT2D eigenvalue weighted by molar-refractivity contribution is -0.144. The maximum atomic E-state index is 11.2. The van der Waals surface area contributed by atoms with Crippen molar-refractivity contribution in [1.29, 1.82) is 0 Å². The van der Waals surface area contributed by atoms with Crippen LogP contribution in [0.2, 0.25) is 0 Å². The second kappa shape index (κ2) is 4.60. The second-order valence-corrected chi connectivity index (χ2v) is 2.99. The van der Waals surface area contributed by atoms with Gasteiger partial charge in [0, 0.05) is 6.54 Å². The molecule has 1 aliphatic rings. The van der Waals surface area contributed by atoms with Crippen molar-refractivity contribution in [3.05, 3.63) is 0 Å². The summed E-state index contributed by atoms with van der Waals surface area (Å²) < 4.78 is 0. The van der Waals surface area contributed by atoms with E-state index in [1.807, 2.05) is 5.48 Å². The quantitative estimate of drug-likeness (QED) is 0.483. The summed E-state index contributed by atoms with van der Waals surface area (Å²) in [5.74, 6) is -1.79. The molecule has 1 heterocycles. The summed E-state index contributed by atoms with van der Waals surface area (Å²) in [7, 11) is 0. The van der Waals surface area contributed by atoms with Crippen LogP contribution in [0.25, 0.3) is 0 Å². The van der Waals surface area contributed by atoms with E-state index in [1.165, 1.54) is 4.90 Å². The summed E-state index contributed by atoms with van der Waals surface area (Å²) >= 11 is 0. The van der Waals surface area contributed by atoms with E-state index in [0.29, 0.717) is 13.0 Å². The number of carboxylic acids is 1. The number of hydrogen-bond acceptors (Lipinski definition) is 4. The molecular formula is C7H11N3O5. The fourth-order valence-corrected chi connectivity index (χ4v) is 1.14. The lowest BCUT2D eigenvalue weighted by Crippen LogP contribution is -2.59. The first-order valence-corrected chi connectivity index (χ1v) is 4.22. The molecule has 0 aromatic carbocycles. The molecule has 8 heteroatoms. The molecule has 1 rings (SSSR count). The Morgan fingerprint density at radius 3 is 2.60 bits per heavy atom. The van der Waals surface area contributed by atoms with E-state index < -0.39 is 30.6 Å². The lowest BCUT2D eigenvalue weighted by atomic mass is 10.0. The molecule has 0 spiro atoms. The monoisotopic (exact) mass is 217 g/mol. The number of primary amides is 1. The van der Waals surface area contributed by atoms with Crippen molar-refractivity contribution >= 4 is 17.9 Å². The van der Waals surface area contributed by atoms with Crippen molar-refractivity contribution in [2.45, 2.75) is 12.5 Å². The zero-order chi connectivity index (χ0) is 11.4. The lowest BCUT2D eigenvalue weighted by Gasteiger charge is -2.38. The van der Waals surface area contributed by atoms with E-state index in [-0.39, 0.29) is 0 Å². The Kier molecular flexibility index (Phi) is 3.45. The van der Waals surface area contributed by atoms with E-state index in [4.69, 9.17) is 10.8 Å². The summed E-state index contributed by atoms with van der Waals surface area (Å²) in [6.07, 6.45) is 0.516. The molecule has 1 saturated heterocycles. The van der Waals surface area contributed by atoms with Gasteiger partial charge in [-0.15, -0.1) is 0 Å². The molecule has 1 aliphatic heterocycles. The average Bonchev–Trinajstić information content (AvgIpc) is 1.99. The summed E-state index contributed by atoms with van der Waals surface area (Å²) in [6, 6.07) is -1.29. The number of carboxylic acid groups (broad SMARTS) is 1. The predicted molar refractivity (Wildman–Crippen MR) is 46.4 cm³/mol. The fraction of sp³-hybridized carbons (Fsp3) is 0.571. The van der Waals surface area contributed by atoms with Gasteiger partial charge in [0.1, 0.15) is 6.04 Å². The molecule has 8 nitrogen and oxygen atoms in total. The maximum absolute atomic E-state index is 11.2. The molecule has 4 N–H and O–H groups in total. The van der Waals surface area contributed by atoms with Gasteiger partial charge >= 0.3 is 12.0 Å². The molecule has 0 radical (unpaired) electrons. The van der Waals surface area contributed by atoms with E-state index >= 15 is 0 Å². The molecule has 1 atom stereocenters. The Hall–Kier alpha value is -1.83. The minimum atomic E-state index is -1.20. The van der Waals surface area contributed by atoms with E-state index in [9.17, 15) is 14.4 Å². The van der Waals surface area contributed by atoms with Gasteiger partial charge in [0.05, 0.1) is 0 Å². The van der Waals surface area contributed by atoms with Crippen molar-refractivity contribution < 1.29 is 24.3 Å². The zero-order valence-electron chi connectivity index (χ0n) is 7.80. The number of urea groups is 1. The molecule has 0 saturated carbocycles. The molecule has 3 amide bonds. The number of carbonyl (C=O) groups excluding carboxylic acids is 2. The van der Waals surface area contributed by atoms with Crippen LogP contribution >= 0.6 is 0 Å². The third-order valence-electron chi connectivity index (χ3n) is 1.96. The van der Waals surface area contributed by atoms with Crippen LogP contribution in [0.3, 0.4) is 0 Å². The van der Waals surface area contributed by atoms with Crippen LogP contribution in [0.4, 0.5) is 4.79 Å². The van der Waals surface area contributed by atoms with Gasteiger partial charge < -0.3 is 15.7 Å². The number of nitrogens with two attached hydrogens (primary N) is 1. The van der Waals surface area contributed by atoms with Crippen molar-refractivity contribution in [1.82, 2.24) is 10.4 Å². The van der Waals surface area contributed by atoms with E-state index in [2.05, 4.69) is 4.84 Å². The highest BCUT2D eigenvalue weighted by atomic mass is 16.7. The number of amides is 3. The number of nitrogens with one attached hydrogen (secondary N) is 1. The summed E-state index contributed by atoms with van der Waals surface area (Å²) in [6.45, 7) is -0.239. The fourth-order valence-electron chi connectivity index (χ4n) is 1.14. The van der Waals surface area contributed by atoms with Crippen molar-refractivity contribution in [3.63, 3.8) is 0 Å². The number of aliphatic carboxylic acids is 1. The van der Waals surface area contributed by atoms with Gasteiger partial charge in [-0.3, -0.25) is 9.63 Å². The van der Waals surface area contributed by atoms with Crippen LogP contribution < -0.4 is 11.2 Å². The standard InChI is InChI=1S/C7H11N3O5/c8-6(13)4-1-2-10(4)7(14)9-15-3-5(11)12/h4H,1-3H2,(H2,8,13)(H,9,14)(H,11,12). The molecular weight excluding hydrogens is 206 g/mol. The van der Waals surface area contributed by atoms with Crippen LogP contribution in [-0.4, -0.2) is 47.1 Å². The maximum Gasteiger partial charge on any atom is 0.342 e. The third kappa shape index (κ3) is 2.81. The number of hydroxylamine groups is 1. The topological polar surface area (TPSA) is 122 Å². The Morgan fingerprint density at radius 2 is 2.20 bits per heavy atom. The van der Waals surface area contributed by atoms with Crippen LogP contribution in [0.15, 0.2) is 0 Å². The SMILES string of the molecule is NC(=O)C1CCN1C(=O)NOCC(=O)O. The molecule has 0 aromatic rings. The smallest absolute Gasteiger partial charge is 0.342 e. The normalized spacial score (nSPS) is 19.2. The molecule has 1 unspecified atom stereocenters. The Morgan fingerprint density at radius 1 is 1.53 bits per heavy atom. The number of rotatable bonds is 4. The summed E-state index contributed by atoms with van der Waals surface area (Å²) in [5.41, 5.74) is 6.91. The van der Waals surface area contributed by atoms with Gasteiger partial charge in [0.25, 0.3) is 0 Å². The Labute approximate surface area is 84.9 Å². The van der Waals surface area contributed by atoms with E-state index in [1.54, 1.807) is 0 Å². The van der Waals surface area contributed by atoms with Crippen LogP contribution in [0.5, 0.6) is 0 Å². The van der Waals surface area contributed by atoms with Gasteiger partial charge in [-0.1, -0.05) is 0 Å². The second-order valence-electron chi connectivity index (χ2n) is 2.99. The zero-order valence-corrected chi connectivity index (χ0v) is 7.80. The molecule has 0 aliphatic carbocycles. The first-order chi connectivity index (χ1) is 7.02. The van der Waals surface area contributed by atoms with Crippen molar-refractivity contribution in [3.8, 4) is 0 Å². The first kappa shape index (κ1) is 11.2. The van der Waals surface area contributed by atoms with Crippen molar-refractivity contribution in [2.75, 3.05) is 13.2 Å². The highest BCUT2D eigenvalue weighted by molar-refractivity contribution is 5.87. The average molecular weight is 217 g/mol. The van der Waals surface area contributed by atoms with Crippen LogP contribution in [0, 0.1) is 0 Å². The summed E-state index contributed by atoms with van der Waals surface area (Å²) in [5, 5.41) is 8.21. The number of likely N-dealkylation sites (tertiary alicyclic amines) is 1. The van der Waals surface area contributed by atoms with Gasteiger partial charge in [0.2, 0.25) is 5.91 Å². The van der Waals surface area contributed by atoms with Gasteiger partial charge in [-0.2, -0.15) is 0 Å². The number of hydrogen-bond donors (Lipinski definition) is 3. The first-order valence-electron chi connectivity index (χ1n) is 4.22. The van der Waals surface area contributed by atoms with Crippen LogP contribution in [-0.2, 0) is 14.4 Å². The molecule has 84 valence electrons. The van der Waals surface area contributed by atoms with Crippen LogP contribution in [0.1, 0.15) is 6.42 Å². The molecule has 15 heavy (non-hydrogen) atoms. The molecule has 1 fully saturated rings. The molecule has 0 aromatic heterocycles. The number of carbonyl (C=O) groups is 3. The molecule has 0 bridgehead atoms. The minimum Gasteiger partial charge on any atom is -0.479 e. The van der Waals surface area contributed by atoms with Gasteiger partial charge in [0.15, 0.2) is 6.61 Å². The predicted octanol–water partition coefficient (Wildman–Crippen LogP) is -1.73. The Bertz CT molecular complexity index is 292. The Balaban J connectivity index is 2.29. The van der Waals surface area contributed by atoms with Gasteiger partial charge in [-0.05, 0) is 6.42 Å². The largest absolute Gasteiger partial charge is 0.479 e. The number of nitrogens with zero attached hydrogens (tertiary/aromatic N) is 1. The highest BCUT2D eigenvalue weighted by Gasteiger charge is 2.36. The van der Waals surface area contributed by atoms with Gasteiger partial charge in [-0.25, -0.2) is 15.1 Å². The van der Waals surface area contributed by atoms with Crippen molar-refractivity contribution in [2.24, 2.45) is 5.73 Å². The highest BCUT2D eigenvalue weighted by Crippen LogP contribution is 2.16. The van der Waals surface area contributed by atoms with E-state index in [0.717, 1.165) is 0 Å².